The zero-order valence-corrected chi connectivity index (χ0v) is 9.79. The summed E-state index contributed by atoms with van der Waals surface area (Å²) in [4.78, 5) is 2.91. The van der Waals surface area contributed by atoms with Crippen LogP contribution in [0.4, 0.5) is 0 Å². The molecule has 1 unspecified atom stereocenters. The minimum atomic E-state index is 0.513. The molecule has 1 N–H and O–H groups in total. The number of hydrogen-bond acceptors (Lipinski definition) is 2. The minimum Gasteiger partial charge on any atom is -0.309 e. The van der Waals surface area contributed by atoms with E-state index in [4.69, 9.17) is 0 Å². The van der Waals surface area contributed by atoms with Crippen molar-refractivity contribution >= 4 is 11.3 Å². The predicted molar refractivity (Wildman–Crippen MR) is 60.5 cm³/mol. The van der Waals surface area contributed by atoms with Crippen LogP contribution in [0, 0.1) is 13.8 Å². The zero-order valence-electron chi connectivity index (χ0n) is 8.98. The monoisotopic (exact) mass is 197 g/mol. The molecule has 0 aliphatic rings. The van der Waals surface area contributed by atoms with E-state index in [0.717, 1.165) is 6.54 Å². The number of nitrogens with one attached hydrogen (secondary N) is 1. The summed E-state index contributed by atoms with van der Waals surface area (Å²) in [5.41, 5.74) is 1.43. The Morgan fingerprint density at radius 3 is 2.62 bits per heavy atom. The van der Waals surface area contributed by atoms with Gasteiger partial charge in [0.1, 0.15) is 0 Å². The highest BCUT2D eigenvalue weighted by atomic mass is 32.1. The molecule has 0 saturated heterocycles. The van der Waals surface area contributed by atoms with Crippen molar-refractivity contribution in [2.75, 3.05) is 6.54 Å². The minimum absolute atomic E-state index is 0.513. The molecule has 0 saturated carbocycles. The van der Waals surface area contributed by atoms with Gasteiger partial charge >= 0.3 is 0 Å². The lowest BCUT2D eigenvalue weighted by Crippen LogP contribution is -2.18. The van der Waals surface area contributed by atoms with Crippen molar-refractivity contribution in [1.29, 1.82) is 0 Å². The maximum Gasteiger partial charge on any atom is 0.0388 e. The third-order valence-electron chi connectivity index (χ3n) is 2.17. The van der Waals surface area contributed by atoms with E-state index in [1.165, 1.54) is 21.7 Å². The lowest BCUT2D eigenvalue weighted by atomic mass is 10.2. The van der Waals surface area contributed by atoms with Crippen LogP contribution in [0.5, 0.6) is 0 Å². The maximum atomic E-state index is 3.51. The van der Waals surface area contributed by atoms with Crippen LogP contribution in [-0.2, 0) is 0 Å². The molecular formula is C11H19NS. The molecule has 1 heterocycles. The van der Waals surface area contributed by atoms with Crippen molar-refractivity contribution in [1.82, 2.24) is 5.32 Å². The molecule has 74 valence electrons. The Kier molecular flexibility index (Phi) is 3.94. The Labute approximate surface area is 85.2 Å². The molecule has 13 heavy (non-hydrogen) atoms. The third-order valence-corrected chi connectivity index (χ3v) is 3.51. The standard InChI is InChI=1S/C11H19NS/c1-5-6-12-10(4)11-8(2)7-9(3)13-11/h7,10,12H,5-6H2,1-4H3. The molecular weight excluding hydrogens is 178 g/mol. The van der Waals surface area contributed by atoms with Crippen LogP contribution in [0.25, 0.3) is 0 Å². The lowest BCUT2D eigenvalue weighted by Gasteiger charge is -2.12. The van der Waals surface area contributed by atoms with Gasteiger partial charge < -0.3 is 5.32 Å². The largest absolute Gasteiger partial charge is 0.309 e. The summed E-state index contributed by atoms with van der Waals surface area (Å²) < 4.78 is 0. The highest BCUT2D eigenvalue weighted by molar-refractivity contribution is 7.12. The predicted octanol–water partition coefficient (Wildman–Crippen LogP) is 3.43. The Hall–Kier alpha value is -0.340. The lowest BCUT2D eigenvalue weighted by molar-refractivity contribution is 0.576. The number of rotatable bonds is 4. The summed E-state index contributed by atoms with van der Waals surface area (Å²) in [6.45, 7) is 9.93. The van der Waals surface area contributed by atoms with E-state index in [9.17, 15) is 0 Å². The highest BCUT2D eigenvalue weighted by Crippen LogP contribution is 2.26. The second-order valence-electron chi connectivity index (χ2n) is 3.58. The van der Waals surface area contributed by atoms with Gasteiger partial charge in [0.2, 0.25) is 0 Å². The Morgan fingerprint density at radius 1 is 1.46 bits per heavy atom. The van der Waals surface area contributed by atoms with Crippen molar-refractivity contribution in [3.05, 3.63) is 21.4 Å². The molecule has 1 rings (SSSR count). The number of thiophene rings is 1. The van der Waals surface area contributed by atoms with E-state index in [1.807, 2.05) is 11.3 Å². The molecule has 1 nitrogen and oxygen atoms in total. The fourth-order valence-corrected chi connectivity index (χ4v) is 2.61. The zero-order chi connectivity index (χ0) is 9.84. The molecule has 0 radical (unpaired) electrons. The van der Waals surface area contributed by atoms with Crippen LogP contribution in [0.2, 0.25) is 0 Å². The fraction of sp³-hybridized carbons (Fsp3) is 0.636. The summed E-state index contributed by atoms with van der Waals surface area (Å²) in [5, 5.41) is 3.51. The van der Waals surface area contributed by atoms with Gasteiger partial charge in [0.25, 0.3) is 0 Å². The molecule has 1 atom stereocenters. The Bertz CT molecular complexity index is 265. The van der Waals surface area contributed by atoms with Crippen LogP contribution in [0.1, 0.15) is 41.6 Å². The van der Waals surface area contributed by atoms with Crippen LogP contribution < -0.4 is 5.32 Å². The molecule has 1 aromatic heterocycles. The van der Waals surface area contributed by atoms with Crippen molar-refractivity contribution in [3.63, 3.8) is 0 Å². The smallest absolute Gasteiger partial charge is 0.0388 e. The van der Waals surface area contributed by atoms with E-state index in [-0.39, 0.29) is 0 Å². The van der Waals surface area contributed by atoms with E-state index >= 15 is 0 Å². The fourth-order valence-electron chi connectivity index (χ4n) is 1.54. The van der Waals surface area contributed by atoms with E-state index in [2.05, 4.69) is 39.1 Å². The SMILES string of the molecule is CCCNC(C)c1sc(C)cc1C. The number of hydrogen-bond donors (Lipinski definition) is 1. The molecule has 0 amide bonds. The normalized spacial score (nSPS) is 13.2. The van der Waals surface area contributed by atoms with Gasteiger partial charge in [0.05, 0.1) is 0 Å². The maximum absolute atomic E-state index is 3.51. The molecule has 1 aromatic rings. The van der Waals surface area contributed by atoms with Crippen LogP contribution in [0.15, 0.2) is 6.07 Å². The van der Waals surface area contributed by atoms with Crippen molar-refractivity contribution in [3.8, 4) is 0 Å². The summed E-state index contributed by atoms with van der Waals surface area (Å²) in [7, 11) is 0. The van der Waals surface area contributed by atoms with Crippen LogP contribution in [-0.4, -0.2) is 6.54 Å². The highest BCUT2D eigenvalue weighted by Gasteiger charge is 2.09. The molecule has 0 aliphatic heterocycles. The first-order valence-electron chi connectivity index (χ1n) is 4.95. The summed E-state index contributed by atoms with van der Waals surface area (Å²) in [6.07, 6.45) is 1.20. The summed E-state index contributed by atoms with van der Waals surface area (Å²) in [6, 6.07) is 2.78. The molecule has 0 aliphatic carbocycles. The second kappa shape index (κ2) is 4.77. The van der Waals surface area contributed by atoms with Crippen molar-refractivity contribution in [2.24, 2.45) is 0 Å². The molecule has 0 spiro atoms. The molecule has 0 aromatic carbocycles. The van der Waals surface area contributed by atoms with E-state index < -0.39 is 0 Å². The van der Waals surface area contributed by atoms with Gasteiger partial charge in [0.15, 0.2) is 0 Å². The van der Waals surface area contributed by atoms with Gasteiger partial charge in [-0.25, -0.2) is 0 Å². The Morgan fingerprint density at radius 2 is 2.15 bits per heavy atom. The van der Waals surface area contributed by atoms with E-state index in [0.29, 0.717) is 6.04 Å². The first-order valence-corrected chi connectivity index (χ1v) is 5.77. The summed E-state index contributed by atoms with van der Waals surface area (Å²) in [5.74, 6) is 0. The Balaban J connectivity index is 2.64. The number of aryl methyl sites for hydroxylation is 2. The van der Waals surface area contributed by atoms with Gasteiger partial charge in [0, 0.05) is 15.8 Å². The van der Waals surface area contributed by atoms with Gasteiger partial charge in [-0.3, -0.25) is 0 Å². The molecule has 2 heteroatoms. The second-order valence-corrected chi connectivity index (χ2v) is 4.87. The molecule has 0 fully saturated rings. The first-order chi connectivity index (χ1) is 6.15. The van der Waals surface area contributed by atoms with Crippen LogP contribution in [0.3, 0.4) is 0 Å². The van der Waals surface area contributed by atoms with Gasteiger partial charge in [-0.1, -0.05) is 6.92 Å². The summed E-state index contributed by atoms with van der Waals surface area (Å²) >= 11 is 1.91. The van der Waals surface area contributed by atoms with Crippen LogP contribution >= 0.6 is 11.3 Å². The first kappa shape index (κ1) is 10.7. The topological polar surface area (TPSA) is 12.0 Å². The van der Waals surface area contributed by atoms with Crippen molar-refractivity contribution < 1.29 is 0 Å². The van der Waals surface area contributed by atoms with E-state index in [1.54, 1.807) is 0 Å². The van der Waals surface area contributed by atoms with Gasteiger partial charge in [-0.2, -0.15) is 0 Å². The molecule has 0 bridgehead atoms. The average molecular weight is 197 g/mol. The van der Waals surface area contributed by atoms with Gasteiger partial charge in [-0.05, 0) is 45.4 Å². The van der Waals surface area contributed by atoms with Crippen molar-refractivity contribution in [2.45, 2.75) is 40.2 Å². The quantitative estimate of drug-likeness (QED) is 0.780. The average Bonchev–Trinajstić information content (AvgIpc) is 2.41. The third kappa shape index (κ3) is 2.82. The van der Waals surface area contributed by atoms with Gasteiger partial charge in [-0.15, -0.1) is 11.3 Å².